The van der Waals surface area contributed by atoms with Gasteiger partial charge in [0.05, 0.1) is 0 Å². The molecule has 0 saturated heterocycles. The highest BCUT2D eigenvalue weighted by Gasteiger charge is 2.18. The molecule has 2 rings (SSSR count). The van der Waals surface area contributed by atoms with Crippen molar-refractivity contribution in [2.24, 2.45) is 5.92 Å². The molecule has 1 aromatic heterocycles. The Labute approximate surface area is 88.2 Å². The van der Waals surface area contributed by atoms with Gasteiger partial charge in [-0.15, -0.1) is 0 Å². The molecule has 0 amide bonds. The van der Waals surface area contributed by atoms with E-state index in [-0.39, 0.29) is 5.69 Å². The Morgan fingerprint density at radius 3 is 2.93 bits per heavy atom. The number of pyridine rings is 1. The molecule has 3 heteroatoms. The van der Waals surface area contributed by atoms with E-state index in [4.69, 9.17) is 5.11 Å². The zero-order valence-electron chi connectivity index (χ0n) is 8.45. The van der Waals surface area contributed by atoms with E-state index in [1.54, 1.807) is 13.0 Å². The number of hydrogen-bond donors (Lipinski definition) is 1. The maximum Gasteiger partial charge on any atom is 0.354 e. The number of nitrogens with zero attached hydrogens (tertiary/aromatic N) is 1. The number of rotatable bonds is 1. The van der Waals surface area contributed by atoms with Crippen LogP contribution in [-0.4, -0.2) is 16.1 Å². The van der Waals surface area contributed by atoms with Crippen molar-refractivity contribution in [1.82, 2.24) is 4.98 Å². The molecule has 0 bridgehead atoms. The normalized spacial score (nSPS) is 14.2. The lowest BCUT2D eigenvalue weighted by Gasteiger charge is -2.00. The van der Waals surface area contributed by atoms with Crippen molar-refractivity contribution in [3.05, 3.63) is 29.1 Å². The zero-order chi connectivity index (χ0) is 10.8. The molecule has 1 aliphatic rings. The first-order valence-corrected chi connectivity index (χ1v) is 4.89. The van der Waals surface area contributed by atoms with Crippen molar-refractivity contribution >= 4 is 5.97 Å². The predicted octanol–water partition coefficient (Wildman–Crippen LogP) is 1.85. The summed E-state index contributed by atoms with van der Waals surface area (Å²) in [5.41, 5.74) is 1.52. The van der Waals surface area contributed by atoms with Crippen molar-refractivity contribution in [3.63, 3.8) is 0 Å². The average molecular weight is 201 g/mol. The van der Waals surface area contributed by atoms with Crippen LogP contribution in [0.3, 0.4) is 0 Å². The summed E-state index contributed by atoms with van der Waals surface area (Å²) in [4.78, 5) is 14.6. The van der Waals surface area contributed by atoms with Gasteiger partial charge in [-0.1, -0.05) is 11.8 Å². The van der Waals surface area contributed by atoms with Gasteiger partial charge in [0, 0.05) is 17.7 Å². The first kappa shape index (κ1) is 9.72. The molecule has 0 radical (unpaired) electrons. The summed E-state index contributed by atoms with van der Waals surface area (Å²) in [6.07, 6.45) is 3.83. The summed E-state index contributed by atoms with van der Waals surface area (Å²) < 4.78 is 0. The van der Waals surface area contributed by atoms with E-state index in [9.17, 15) is 4.79 Å². The van der Waals surface area contributed by atoms with Crippen molar-refractivity contribution in [2.75, 3.05) is 0 Å². The highest BCUT2D eigenvalue weighted by atomic mass is 16.4. The van der Waals surface area contributed by atoms with Crippen LogP contribution in [0.25, 0.3) is 0 Å². The van der Waals surface area contributed by atoms with Gasteiger partial charge in [-0.3, -0.25) is 0 Å². The van der Waals surface area contributed by atoms with E-state index < -0.39 is 5.97 Å². The summed E-state index contributed by atoms with van der Waals surface area (Å²) in [5.74, 6) is 5.65. The van der Waals surface area contributed by atoms with Crippen LogP contribution in [0, 0.1) is 24.7 Å². The van der Waals surface area contributed by atoms with E-state index in [1.807, 2.05) is 0 Å². The lowest BCUT2D eigenvalue weighted by Crippen LogP contribution is -2.04. The lowest BCUT2D eigenvalue weighted by atomic mass is 10.1. The minimum atomic E-state index is -0.998. The Kier molecular flexibility index (Phi) is 2.42. The number of carboxylic acids is 1. The third kappa shape index (κ3) is 2.16. The molecule has 0 spiro atoms. The smallest absolute Gasteiger partial charge is 0.354 e. The SMILES string of the molecule is Cc1c(C#CC2CC2)ccnc1C(=O)O. The monoisotopic (exact) mass is 201 g/mol. The zero-order valence-corrected chi connectivity index (χ0v) is 8.45. The fraction of sp³-hybridized carbons (Fsp3) is 0.333. The molecule has 1 aromatic rings. The summed E-state index contributed by atoms with van der Waals surface area (Å²) in [7, 11) is 0. The van der Waals surface area contributed by atoms with Gasteiger partial charge in [0.15, 0.2) is 5.69 Å². The van der Waals surface area contributed by atoms with E-state index in [0.29, 0.717) is 11.5 Å². The van der Waals surface area contributed by atoms with E-state index in [1.165, 1.54) is 19.0 Å². The maximum absolute atomic E-state index is 10.8. The van der Waals surface area contributed by atoms with E-state index in [0.717, 1.165) is 5.56 Å². The highest BCUT2D eigenvalue weighted by molar-refractivity contribution is 5.87. The van der Waals surface area contributed by atoms with Crippen molar-refractivity contribution in [3.8, 4) is 11.8 Å². The number of carboxylic acid groups (broad SMARTS) is 1. The summed E-state index contributed by atoms with van der Waals surface area (Å²) in [5, 5.41) is 8.87. The molecule has 3 nitrogen and oxygen atoms in total. The van der Waals surface area contributed by atoms with E-state index in [2.05, 4.69) is 16.8 Å². The van der Waals surface area contributed by atoms with Gasteiger partial charge in [-0.05, 0) is 31.4 Å². The van der Waals surface area contributed by atoms with Gasteiger partial charge >= 0.3 is 5.97 Å². The second-order valence-electron chi connectivity index (χ2n) is 3.68. The molecular formula is C12H11NO2. The second kappa shape index (κ2) is 3.74. The van der Waals surface area contributed by atoms with Crippen LogP contribution < -0.4 is 0 Å². The average Bonchev–Trinajstić information content (AvgIpc) is 2.99. The van der Waals surface area contributed by atoms with Crippen molar-refractivity contribution in [2.45, 2.75) is 19.8 Å². The highest BCUT2D eigenvalue weighted by Crippen LogP contribution is 2.27. The second-order valence-corrected chi connectivity index (χ2v) is 3.68. The molecule has 76 valence electrons. The molecule has 1 fully saturated rings. The van der Waals surface area contributed by atoms with Crippen LogP contribution in [0.4, 0.5) is 0 Å². The van der Waals surface area contributed by atoms with Crippen LogP contribution in [0.1, 0.15) is 34.5 Å². The molecule has 1 heterocycles. The minimum Gasteiger partial charge on any atom is -0.477 e. The molecule has 1 saturated carbocycles. The van der Waals surface area contributed by atoms with Crippen LogP contribution in [0.5, 0.6) is 0 Å². The summed E-state index contributed by atoms with van der Waals surface area (Å²) >= 11 is 0. The van der Waals surface area contributed by atoms with Crippen molar-refractivity contribution < 1.29 is 9.90 Å². The largest absolute Gasteiger partial charge is 0.477 e. The summed E-state index contributed by atoms with van der Waals surface area (Å²) in [6, 6.07) is 1.76. The Bertz CT molecular complexity index is 464. The number of aromatic carboxylic acids is 1. The predicted molar refractivity (Wildman–Crippen MR) is 55.5 cm³/mol. The quantitative estimate of drug-likeness (QED) is 0.705. The lowest BCUT2D eigenvalue weighted by molar-refractivity contribution is 0.0689. The first-order valence-electron chi connectivity index (χ1n) is 4.89. The minimum absolute atomic E-state index is 0.0950. The third-order valence-electron chi connectivity index (χ3n) is 2.39. The number of aromatic nitrogens is 1. The number of hydrogen-bond acceptors (Lipinski definition) is 2. The van der Waals surface area contributed by atoms with Crippen LogP contribution in [0.2, 0.25) is 0 Å². The van der Waals surface area contributed by atoms with Crippen LogP contribution in [-0.2, 0) is 0 Å². The Balaban J connectivity index is 2.36. The van der Waals surface area contributed by atoms with Crippen LogP contribution in [0.15, 0.2) is 12.3 Å². The standard InChI is InChI=1S/C12H11NO2/c1-8-10(5-4-9-2-3-9)6-7-13-11(8)12(14)15/h6-7,9H,2-3H2,1H3,(H,14,15). The Hall–Kier alpha value is -1.82. The fourth-order valence-corrected chi connectivity index (χ4v) is 1.29. The van der Waals surface area contributed by atoms with Crippen LogP contribution >= 0.6 is 0 Å². The first-order chi connectivity index (χ1) is 7.18. The summed E-state index contributed by atoms with van der Waals surface area (Å²) in [6.45, 7) is 1.74. The third-order valence-corrected chi connectivity index (χ3v) is 2.39. The maximum atomic E-state index is 10.8. The molecule has 15 heavy (non-hydrogen) atoms. The van der Waals surface area contributed by atoms with Gasteiger partial charge in [-0.25, -0.2) is 9.78 Å². The van der Waals surface area contributed by atoms with Gasteiger partial charge < -0.3 is 5.11 Å². The molecule has 1 aliphatic carbocycles. The molecule has 0 unspecified atom stereocenters. The van der Waals surface area contributed by atoms with E-state index >= 15 is 0 Å². The number of carbonyl (C=O) groups is 1. The topological polar surface area (TPSA) is 50.2 Å². The Morgan fingerprint density at radius 2 is 2.33 bits per heavy atom. The fourth-order valence-electron chi connectivity index (χ4n) is 1.29. The molecule has 0 atom stereocenters. The molecule has 0 aliphatic heterocycles. The van der Waals surface area contributed by atoms with Gasteiger partial charge in [0.1, 0.15) is 0 Å². The molecule has 0 aromatic carbocycles. The van der Waals surface area contributed by atoms with Gasteiger partial charge in [-0.2, -0.15) is 0 Å². The Morgan fingerprint density at radius 1 is 1.60 bits per heavy atom. The van der Waals surface area contributed by atoms with Gasteiger partial charge in [0.25, 0.3) is 0 Å². The molecule has 1 N–H and O–H groups in total. The van der Waals surface area contributed by atoms with Gasteiger partial charge in [0.2, 0.25) is 0 Å². The molecular weight excluding hydrogens is 190 g/mol. The van der Waals surface area contributed by atoms with Crippen molar-refractivity contribution in [1.29, 1.82) is 0 Å².